The van der Waals surface area contributed by atoms with Crippen molar-refractivity contribution in [2.75, 3.05) is 5.88 Å². The van der Waals surface area contributed by atoms with Crippen LogP contribution in [0.1, 0.15) is 18.1 Å². The van der Waals surface area contributed by atoms with E-state index in [4.69, 9.17) is 46.4 Å². The number of alkyl halides is 1. The van der Waals surface area contributed by atoms with Crippen molar-refractivity contribution in [3.05, 3.63) is 32.8 Å². The Labute approximate surface area is 114 Å². The van der Waals surface area contributed by atoms with Crippen LogP contribution < -0.4 is 0 Å². The van der Waals surface area contributed by atoms with Crippen LogP contribution in [0.5, 0.6) is 0 Å². The lowest BCUT2D eigenvalue weighted by molar-refractivity contribution is 0.0170. The van der Waals surface area contributed by atoms with Gasteiger partial charge in [-0.2, -0.15) is 0 Å². The molecule has 6 heteroatoms. The van der Waals surface area contributed by atoms with Crippen LogP contribution in [-0.2, 0) is 0 Å². The molecule has 16 heavy (non-hydrogen) atoms. The van der Waals surface area contributed by atoms with Crippen molar-refractivity contribution in [2.24, 2.45) is 0 Å². The molecule has 2 atom stereocenters. The highest BCUT2D eigenvalue weighted by molar-refractivity contribution is 6.48. The highest BCUT2D eigenvalue weighted by Crippen LogP contribution is 2.34. The Balaban J connectivity index is 2.96. The summed E-state index contributed by atoms with van der Waals surface area (Å²) in [6.07, 6.45) is -1.75. The zero-order chi connectivity index (χ0) is 12.3. The molecule has 0 aliphatic rings. The van der Waals surface area contributed by atoms with Gasteiger partial charge in [-0.05, 0) is 24.1 Å². The minimum Gasteiger partial charge on any atom is -0.390 e. The Morgan fingerprint density at radius 1 is 1.06 bits per heavy atom. The molecular weight excluding hydrogens is 294 g/mol. The van der Waals surface area contributed by atoms with E-state index in [0.29, 0.717) is 5.56 Å². The second kappa shape index (κ2) is 6.29. The molecule has 90 valence electrons. The van der Waals surface area contributed by atoms with Crippen LogP contribution >= 0.6 is 46.4 Å². The van der Waals surface area contributed by atoms with Crippen LogP contribution in [0.25, 0.3) is 0 Å². The van der Waals surface area contributed by atoms with Gasteiger partial charge in [0.1, 0.15) is 6.10 Å². The SMILES string of the molecule is OC(CCCl)C(O)c1cc(Cl)c(Cl)c(Cl)c1. The van der Waals surface area contributed by atoms with Crippen molar-refractivity contribution in [3.63, 3.8) is 0 Å². The molecule has 1 aromatic rings. The van der Waals surface area contributed by atoms with Crippen molar-refractivity contribution in [3.8, 4) is 0 Å². The van der Waals surface area contributed by atoms with E-state index in [-0.39, 0.29) is 27.4 Å². The highest BCUT2D eigenvalue weighted by Gasteiger charge is 2.19. The van der Waals surface area contributed by atoms with E-state index in [2.05, 4.69) is 0 Å². The summed E-state index contributed by atoms with van der Waals surface area (Å²) in [6, 6.07) is 2.94. The molecule has 0 saturated heterocycles. The first-order valence-corrected chi connectivity index (χ1v) is 6.20. The maximum atomic E-state index is 9.79. The number of hydrogen-bond acceptors (Lipinski definition) is 2. The first kappa shape index (κ1) is 14.4. The number of aliphatic hydroxyl groups excluding tert-OH is 2. The van der Waals surface area contributed by atoms with E-state index in [1.807, 2.05) is 0 Å². The molecule has 0 amide bonds. The van der Waals surface area contributed by atoms with Gasteiger partial charge in [-0.15, -0.1) is 11.6 Å². The summed E-state index contributed by atoms with van der Waals surface area (Å²) >= 11 is 22.9. The monoisotopic (exact) mass is 302 g/mol. The van der Waals surface area contributed by atoms with Crippen LogP contribution in [0.15, 0.2) is 12.1 Å². The molecule has 0 aliphatic carbocycles. The lowest BCUT2D eigenvalue weighted by Gasteiger charge is -2.18. The van der Waals surface area contributed by atoms with Gasteiger partial charge < -0.3 is 10.2 Å². The third kappa shape index (κ3) is 3.39. The molecule has 0 radical (unpaired) electrons. The van der Waals surface area contributed by atoms with E-state index in [0.717, 1.165) is 0 Å². The van der Waals surface area contributed by atoms with Crippen molar-refractivity contribution in [1.29, 1.82) is 0 Å². The fourth-order valence-electron chi connectivity index (χ4n) is 1.24. The van der Waals surface area contributed by atoms with E-state index in [9.17, 15) is 10.2 Å². The summed E-state index contributed by atoms with van der Waals surface area (Å²) in [6.45, 7) is 0. The van der Waals surface area contributed by atoms with Gasteiger partial charge in [0.05, 0.1) is 21.2 Å². The topological polar surface area (TPSA) is 40.5 Å². The highest BCUT2D eigenvalue weighted by atomic mass is 35.5. The first-order valence-electron chi connectivity index (χ1n) is 4.54. The van der Waals surface area contributed by atoms with Gasteiger partial charge in [-0.1, -0.05) is 34.8 Å². The second-order valence-electron chi connectivity index (χ2n) is 3.29. The molecule has 2 unspecified atom stereocenters. The van der Waals surface area contributed by atoms with E-state index < -0.39 is 12.2 Å². The lowest BCUT2D eigenvalue weighted by Crippen LogP contribution is -2.18. The lowest BCUT2D eigenvalue weighted by atomic mass is 10.0. The van der Waals surface area contributed by atoms with E-state index in [1.54, 1.807) is 0 Å². The Kier molecular flexibility index (Phi) is 5.65. The van der Waals surface area contributed by atoms with Crippen LogP contribution in [-0.4, -0.2) is 22.2 Å². The summed E-state index contributed by atoms with van der Waals surface area (Å²) < 4.78 is 0. The summed E-state index contributed by atoms with van der Waals surface area (Å²) in [5.74, 6) is 0.257. The summed E-state index contributed by atoms with van der Waals surface area (Å²) in [7, 11) is 0. The predicted octanol–water partition coefficient (Wildman–Crippen LogP) is 3.67. The van der Waals surface area contributed by atoms with E-state index in [1.165, 1.54) is 12.1 Å². The first-order chi connectivity index (χ1) is 7.47. The molecular formula is C10H10Cl4O2. The molecule has 0 aromatic heterocycles. The molecule has 2 nitrogen and oxygen atoms in total. The van der Waals surface area contributed by atoms with Gasteiger partial charge in [-0.25, -0.2) is 0 Å². The Morgan fingerprint density at radius 3 is 2.00 bits per heavy atom. The molecule has 0 bridgehead atoms. The quantitative estimate of drug-likeness (QED) is 0.658. The molecule has 1 aromatic carbocycles. The van der Waals surface area contributed by atoms with Crippen molar-refractivity contribution >= 4 is 46.4 Å². The Bertz CT molecular complexity index is 347. The number of hydrogen-bond donors (Lipinski definition) is 2. The second-order valence-corrected chi connectivity index (χ2v) is 4.86. The summed E-state index contributed by atoms with van der Waals surface area (Å²) in [4.78, 5) is 0. The van der Waals surface area contributed by atoms with Crippen molar-refractivity contribution in [2.45, 2.75) is 18.6 Å². The van der Waals surface area contributed by atoms with Gasteiger partial charge in [0.15, 0.2) is 0 Å². The maximum absolute atomic E-state index is 9.79. The largest absolute Gasteiger partial charge is 0.390 e. The normalized spacial score (nSPS) is 14.9. The van der Waals surface area contributed by atoms with Gasteiger partial charge in [0.2, 0.25) is 0 Å². The zero-order valence-corrected chi connectivity index (χ0v) is 11.2. The minimum absolute atomic E-state index is 0.228. The predicted molar refractivity (Wildman–Crippen MR) is 67.8 cm³/mol. The molecule has 0 heterocycles. The fourth-order valence-corrected chi connectivity index (χ4v) is 2.07. The van der Waals surface area contributed by atoms with Crippen LogP contribution in [0.2, 0.25) is 15.1 Å². The number of halogens is 4. The standard InChI is InChI=1S/C10H10Cl4O2/c11-2-1-8(15)10(16)5-3-6(12)9(14)7(13)4-5/h3-4,8,10,15-16H,1-2H2. The number of aliphatic hydroxyl groups is 2. The average molecular weight is 304 g/mol. The Hall–Kier alpha value is 0.300. The molecule has 0 saturated carbocycles. The zero-order valence-electron chi connectivity index (χ0n) is 8.13. The third-order valence-electron chi connectivity index (χ3n) is 2.12. The Morgan fingerprint density at radius 2 is 1.56 bits per heavy atom. The molecule has 0 aliphatic heterocycles. The average Bonchev–Trinajstić information content (AvgIpc) is 2.24. The molecule has 0 fully saturated rings. The molecule has 2 N–H and O–H groups in total. The van der Waals surface area contributed by atoms with Crippen LogP contribution in [0, 0.1) is 0 Å². The summed E-state index contributed by atoms with van der Waals surface area (Å²) in [5.41, 5.74) is 0.414. The van der Waals surface area contributed by atoms with Crippen molar-refractivity contribution < 1.29 is 10.2 Å². The van der Waals surface area contributed by atoms with Crippen LogP contribution in [0.3, 0.4) is 0 Å². The van der Waals surface area contributed by atoms with Gasteiger partial charge in [0, 0.05) is 5.88 Å². The molecule has 0 spiro atoms. The van der Waals surface area contributed by atoms with Crippen LogP contribution in [0.4, 0.5) is 0 Å². The summed E-state index contributed by atoms with van der Waals surface area (Å²) in [5, 5.41) is 20.1. The number of benzene rings is 1. The van der Waals surface area contributed by atoms with Crippen molar-refractivity contribution in [1.82, 2.24) is 0 Å². The maximum Gasteiger partial charge on any atom is 0.105 e. The minimum atomic E-state index is -1.08. The van der Waals surface area contributed by atoms with Gasteiger partial charge >= 0.3 is 0 Å². The van der Waals surface area contributed by atoms with Gasteiger partial charge in [0.25, 0.3) is 0 Å². The number of rotatable bonds is 4. The fraction of sp³-hybridized carbons (Fsp3) is 0.400. The van der Waals surface area contributed by atoms with E-state index >= 15 is 0 Å². The molecule has 1 rings (SSSR count). The van der Waals surface area contributed by atoms with Gasteiger partial charge in [-0.3, -0.25) is 0 Å². The third-order valence-corrected chi connectivity index (χ3v) is 3.53. The smallest absolute Gasteiger partial charge is 0.105 e.